The summed E-state index contributed by atoms with van der Waals surface area (Å²) in [7, 11) is 1.59. The third-order valence-electron chi connectivity index (χ3n) is 3.48. The van der Waals surface area contributed by atoms with Crippen LogP contribution in [-0.2, 0) is 14.3 Å². The van der Waals surface area contributed by atoms with E-state index in [1.807, 2.05) is 12.1 Å². The molecule has 0 heterocycles. The van der Waals surface area contributed by atoms with E-state index < -0.39 is 11.9 Å². The molecule has 4 nitrogen and oxygen atoms in total. The molecule has 0 saturated heterocycles. The average Bonchev–Trinajstić information content (AvgIpc) is 2.56. The molecule has 0 atom stereocenters. The van der Waals surface area contributed by atoms with Crippen LogP contribution >= 0.6 is 0 Å². The normalized spacial score (nSPS) is 10.7. The average molecular weight is 318 g/mol. The van der Waals surface area contributed by atoms with E-state index in [-0.39, 0.29) is 0 Å². The first-order chi connectivity index (χ1) is 11.2. The Labute approximate surface area is 138 Å². The largest absolute Gasteiger partial charge is 0.497 e. The number of methoxy groups -OCH3 is 1. The summed E-state index contributed by atoms with van der Waals surface area (Å²) in [6, 6.07) is 7.24. The Morgan fingerprint density at radius 3 is 2.30 bits per heavy atom. The van der Waals surface area contributed by atoms with E-state index in [0.29, 0.717) is 6.42 Å². The predicted molar refractivity (Wildman–Crippen MR) is 91.1 cm³/mol. The van der Waals surface area contributed by atoms with E-state index in [1.165, 1.54) is 25.3 Å². The van der Waals surface area contributed by atoms with Gasteiger partial charge in [-0.15, -0.1) is 0 Å². The molecule has 0 radical (unpaired) electrons. The second-order valence-electron chi connectivity index (χ2n) is 5.42. The fourth-order valence-corrected chi connectivity index (χ4v) is 2.13. The van der Waals surface area contributed by atoms with Crippen molar-refractivity contribution in [2.24, 2.45) is 0 Å². The number of unbranched alkanes of at least 4 members (excludes halogenated alkanes) is 5. The van der Waals surface area contributed by atoms with E-state index in [9.17, 15) is 9.59 Å². The maximum absolute atomic E-state index is 11.6. The molecular weight excluding hydrogens is 292 g/mol. The highest BCUT2D eigenvalue weighted by atomic mass is 16.6. The minimum atomic E-state index is -0.628. The summed E-state index contributed by atoms with van der Waals surface area (Å²) in [5.41, 5.74) is 0.839. The summed E-state index contributed by atoms with van der Waals surface area (Å²) >= 11 is 0. The van der Waals surface area contributed by atoms with Crippen LogP contribution < -0.4 is 4.74 Å². The maximum Gasteiger partial charge on any atom is 0.338 e. The smallest absolute Gasteiger partial charge is 0.338 e. The lowest BCUT2D eigenvalue weighted by Gasteiger charge is -2.01. The lowest BCUT2D eigenvalue weighted by atomic mass is 10.1. The second-order valence-corrected chi connectivity index (χ2v) is 5.42. The van der Waals surface area contributed by atoms with Crippen LogP contribution in [0.5, 0.6) is 5.75 Å². The van der Waals surface area contributed by atoms with Crippen molar-refractivity contribution < 1.29 is 19.1 Å². The molecule has 0 saturated carbocycles. The van der Waals surface area contributed by atoms with Gasteiger partial charge < -0.3 is 9.47 Å². The standard InChI is InChI=1S/C19H26O4/c1-3-4-5-6-7-8-9-18(20)23-19(21)15-12-16-10-13-17(22-2)14-11-16/h10-15H,3-9H2,1-2H3. The predicted octanol–water partition coefficient (Wildman–Crippen LogP) is 4.53. The minimum absolute atomic E-state index is 0.300. The van der Waals surface area contributed by atoms with Crippen LogP contribution in [0.4, 0.5) is 0 Å². The lowest BCUT2D eigenvalue weighted by molar-refractivity contribution is -0.156. The first kappa shape index (κ1) is 18.9. The first-order valence-electron chi connectivity index (χ1n) is 8.22. The SMILES string of the molecule is CCCCCCCCC(=O)OC(=O)C=Cc1ccc(OC)cc1. The number of carbonyl (C=O) groups is 2. The highest BCUT2D eigenvalue weighted by Crippen LogP contribution is 2.12. The number of hydrogen-bond donors (Lipinski definition) is 0. The molecule has 0 aliphatic heterocycles. The second kappa shape index (κ2) is 11.5. The number of esters is 2. The van der Waals surface area contributed by atoms with Crippen molar-refractivity contribution in [3.05, 3.63) is 35.9 Å². The molecule has 0 aliphatic carbocycles. The molecule has 1 aromatic carbocycles. The van der Waals surface area contributed by atoms with Gasteiger partial charge in [-0.2, -0.15) is 0 Å². The quantitative estimate of drug-likeness (QED) is 0.275. The molecule has 0 aliphatic rings. The molecule has 0 spiro atoms. The van der Waals surface area contributed by atoms with Crippen molar-refractivity contribution >= 4 is 18.0 Å². The van der Waals surface area contributed by atoms with Gasteiger partial charge in [0.15, 0.2) is 0 Å². The van der Waals surface area contributed by atoms with Gasteiger partial charge in [0.2, 0.25) is 0 Å². The van der Waals surface area contributed by atoms with Crippen molar-refractivity contribution in [3.63, 3.8) is 0 Å². The number of ether oxygens (including phenoxy) is 2. The van der Waals surface area contributed by atoms with Crippen molar-refractivity contribution in [2.45, 2.75) is 51.9 Å². The molecule has 0 fully saturated rings. The summed E-state index contributed by atoms with van der Waals surface area (Å²) in [6.07, 6.45) is 9.73. The Balaban J connectivity index is 2.23. The van der Waals surface area contributed by atoms with E-state index >= 15 is 0 Å². The van der Waals surface area contributed by atoms with Gasteiger partial charge in [0.1, 0.15) is 5.75 Å². The topological polar surface area (TPSA) is 52.6 Å². The number of carbonyl (C=O) groups excluding carboxylic acids is 2. The Morgan fingerprint density at radius 2 is 1.65 bits per heavy atom. The maximum atomic E-state index is 11.6. The van der Waals surface area contributed by atoms with Gasteiger partial charge in [-0.3, -0.25) is 4.79 Å². The summed E-state index contributed by atoms with van der Waals surface area (Å²) in [6.45, 7) is 2.17. The Morgan fingerprint density at radius 1 is 1.00 bits per heavy atom. The molecule has 0 bridgehead atoms. The van der Waals surface area contributed by atoms with Crippen molar-refractivity contribution in [2.75, 3.05) is 7.11 Å². The molecule has 126 valence electrons. The van der Waals surface area contributed by atoms with Crippen LogP contribution in [0.1, 0.15) is 57.4 Å². The van der Waals surface area contributed by atoms with Crippen molar-refractivity contribution in [1.82, 2.24) is 0 Å². The summed E-state index contributed by atoms with van der Waals surface area (Å²) in [5, 5.41) is 0. The van der Waals surface area contributed by atoms with Gasteiger partial charge >= 0.3 is 11.9 Å². The minimum Gasteiger partial charge on any atom is -0.497 e. The van der Waals surface area contributed by atoms with Gasteiger partial charge in [0.05, 0.1) is 7.11 Å². The van der Waals surface area contributed by atoms with Crippen LogP contribution in [0.2, 0.25) is 0 Å². The molecule has 1 aromatic rings. The van der Waals surface area contributed by atoms with Crippen LogP contribution in [0, 0.1) is 0 Å². The van der Waals surface area contributed by atoms with Gasteiger partial charge in [-0.25, -0.2) is 4.79 Å². The molecular formula is C19H26O4. The molecule has 1 rings (SSSR count). The number of hydrogen-bond acceptors (Lipinski definition) is 4. The van der Waals surface area contributed by atoms with E-state index in [4.69, 9.17) is 9.47 Å². The third-order valence-corrected chi connectivity index (χ3v) is 3.48. The first-order valence-corrected chi connectivity index (χ1v) is 8.22. The molecule has 0 amide bonds. The van der Waals surface area contributed by atoms with Crippen molar-refractivity contribution in [1.29, 1.82) is 0 Å². The fourth-order valence-electron chi connectivity index (χ4n) is 2.13. The summed E-state index contributed by atoms with van der Waals surface area (Å²) in [5.74, 6) is -0.333. The molecule has 4 heteroatoms. The van der Waals surface area contributed by atoms with Crippen LogP contribution in [0.15, 0.2) is 30.3 Å². The monoisotopic (exact) mass is 318 g/mol. The van der Waals surface area contributed by atoms with Gasteiger partial charge in [0.25, 0.3) is 0 Å². The molecule has 0 N–H and O–H groups in total. The van der Waals surface area contributed by atoms with Crippen LogP contribution in [0.25, 0.3) is 6.08 Å². The highest BCUT2D eigenvalue weighted by molar-refractivity contribution is 5.94. The highest BCUT2D eigenvalue weighted by Gasteiger charge is 2.07. The lowest BCUT2D eigenvalue weighted by Crippen LogP contribution is -2.09. The summed E-state index contributed by atoms with van der Waals surface area (Å²) < 4.78 is 9.81. The van der Waals surface area contributed by atoms with E-state index in [0.717, 1.165) is 30.6 Å². The Hall–Kier alpha value is -2.10. The van der Waals surface area contributed by atoms with Crippen LogP contribution in [0.3, 0.4) is 0 Å². The fraction of sp³-hybridized carbons (Fsp3) is 0.474. The zero-order chi connectivity index (χ0) is 16.9. The molecule has 23 heavy (non-hydrogen) atoms. The zero-order valence-corrected chi connectivity index (χ0v) is 14.0. The third kappa shape index (κ3) is 8.81. The van der Waals surface area contributed by atoms with Gasteiger partial charge in [-0.05, 0) is 30.2 Å². The van der Waals surface area contributed by atoms with Gasteiger partial charge in [0, 0.05) is 12.5 Å². The summed E-state index contributed by atoms with van der Waals surface area (Å²) in [4.78, 5) is 23.1. The van der Waals surface area contributed by atoms with Crippen molar-refractivity contribution in [3.8, 4) is 5.75 Å². The van der Waals surface area contributed by atoms with E-state index in [1.54, 1.807) is 25.3 Å². The van der Waals surface area contributed by atoms with Crippen LogP contribution in [-0.4, -0.2) is 19.0 Å². The Bertz CT molecular complexity index is 503. The number of rotatable bonds is 10. The molecule has 0 unspecified atom stereocenters. The number of benzene rings is 1. The zero-order valence-electron chi connectivity index (χ0n) is 14.0. The molecule has 0 aromatic heterocycles. The van der Waals surface area contributed by atoms with E-state index in [2.05, 4.69) is 6.92 Å². The van der Waals surface area contributed by atoms with Gasteiger partial charge in [-0.1, -0.05) is 51.2 Å². The Kier molecular flexibility index (Phi) is 9.45.